The van der Waals surface area contributed by atoms with Crippen LogP contribution in [0.4, 0.5) is 0 Å². The van der Waals surface area contributed by atoms with Gasteiger partial charge in [0, 0.05) is 16.7 Å². The minimum absolute atomic E-state index is 0.178. The van der Waals surface area contributed by atoms with Crippen molar-refractivity contribution in [2.24, 2.45) is 0 Å². The molecule has 1 atom stereocenters. The lowest BCUT2D eigenvalue weighted by Crippen LogP contribution is -2.46. The van der Waals surface area contributed by atoms with Crippen molar-refractivity contribution in [3.05, 3.63) is 101 Å². The van der Waals surface area contributed by atoms with E-state index < -0.39 is 5.72 Å². The predicted octanol–water partition coefficient (Wildman–Crippen LogP) is 5.46. The van der Waals surface area contributed by atoms with Gasteiger partial charge in [-0.15, -0.1) is 0 Å². The van der Waals surface area contributed by atoms with Gasteiger partial charge in [-0.05, 0) is 42.5 Å². The summed E-state index contributed by atoms with van der Waals surface area (Å²) in [5, 5.41) is 11.8. The molecule has 1 aliphatic heterocycles. The highest BCUT2D eigenvalue weighted by molar-refractivity contribution is 6.00. The first-order valence-corrected chi connectivity index (χ1v) is 11.6. The summed E-state index contributed by atoms with van der Waals surface area (Å²) >= 11 is 0. The van der Waals surface area contributed by atoms with Crippen LogP contribution in [0.1, 0.15) is 65.1 Å². The Hall–Kier alpha value is -3.11. The molecule has 1 heterocycles. The van der Waals surface area contributed by atoms with Crippen molar-refractivity contribution < 1.29 is 14.6 Å². The maximum absolute atomic E-state index is 13.2. The molecule has 0 radical (unpaired) electrons. The summed E-state index contributed by atoms with van der Waals surface area (Å²) in [7, 11) is 0. The van der Waals surface area contributed by atoms with Gasteiger partial charge in [0.25, 0.3) is 5.91 Å². The fraction of sp³-hybridized carbons (Fsp3) is 0.321. The first-order valence-electron chi connectivity index (χ1n) is 11.6. The second-order valence-corrected chi connectivity index (χ2v) is 8.79. The molecule has 1 fully saturated rings. The number of nitrogens with zero attached hydrogens (tertiary/aromatic N) is 1. The van der Waals surface area contributed by atoms with Crippen LogP contribution in [0.25, 0.3) is 0 Å². The van der Waals surface area contributed by atoms with E-state index in [1.807, 2.05) is 60.7 Å². The lowest BCUT2D eigenvalue weighted by atomic mass is 9.84. The van der Waals surface area contributed by atoms with Crippen molar-refractivity contribution in [2.75, 3.05) is 13.2 Å². The SMILES string of the molecule is O=C1c2ccccc2C(O)(c2ccccc2)N1CCOc1ccc(C2CCCCC2)cc1. The average molecular weight is 428 g/mol. The molecule has 0 bridgehead atoms. The van der Waals surface area contributed by atoms with Gasteiger partial charge in [-0.1, -0.05) is 79.9 Å². The van der Waals surface area contributed by atoms with Crippen LogP contribution in [0.15, 0.2) is 78.9 Å². The third kappa shape index (κ3) is 3.69. The Bertz CT molecular complexity index is 1070. The maximum atomic E-state index is 13.2. The van der Waals surface area contributed by atoms with Crippen LogP contribution in [-0.2, 0) is 5.72 Å². The number of carbonyl (C=O) groups excluding carboxylic acids is 1. The minimum Gasteiger partial charge on any atom is -0.492 e. The fourth-order valence-electron chi connectivity index (χ4n) is 5.18. The molecule has 2 aliphatic rings. The molecule has 4 nitrogen and oxygen atoms in total. The highest BCUT2D eigenvalue weighted by Gasteiger charge is 2.49. The number of rotatable bonds is 6. The molecule has 3 aromatic carbocycles. The summed E-state index contributed by atoms with van der Waals surface area (Å²) in [6.45, 7) is 0.584. The fourth-order valence-corrected chi connectivity index (χ4v) is 5.18. The number of aliphatic hydroxyl groups is 1. The molecule has 0 saturated heterocycles. The molecular formula is C28H29NO3. The van der Waals surface area contributed by atoms with E-state index in [1.54, 1.807) is 6.07 Å². The van der Waals surface area contributed by atoms with Crippen molar-refractivity contribution in [1.82, 2.24) is 4.90 Å². The molecule has 1 unspecified atom stereocenters. The Balaban J connectivity index is 1.31. The molecule has 164 valence electrons. The number of ether oxygens (including phenoxy) is 1. The number of carbonyl (C=O) groups is 1. The van der Waals surface area contributed by atoms with Crippen LogP contribution in [0.2, 0.25) is 0 Å². The maximum Gasteiger partial charge on any atom is 0.257 e. The van der Waals surface area contributed by atoms with Gasteiger partial charge in [0.2, 0.25) is 0 Å². The third-order valence-corrected chi connectivity index (χ3v) is 6.89. The van der Waals surface area contributed by atoms with Gasteiger partial charge in [0.15, 0.2) is 5.72 Å². The minimum atomic E-state index is -1.50. The summed E-state index contributed by atoms with van der Waals surface area (Å²) in [6.07, 6.45) is 6.54. The van der Waals surface area contributed by atoms with Gasteiger partial charge >= 0.3 is 0 Å². The predicted molar refractivity (Wildman–Crippen MR) is 125 cm³/mol. The third-order valence-electron chi connectivity index (χ3n) is 6.89. The molecule has 3 aromatic rings. The van der Waals surface area contributed by atoms with E-state index in [4.69, 9.17) is 4.74 Å². The highest BCUT2D eigenvalue weighted by atomic mass is 16.5. The van der Waals surface area contributed by atoms with Crippen molar-refractivity contribution in [2.45, 2.75) is 43.7 Å². The lowest BCUT2D eigenvalue weighted by molar-refractivity contribution is -0.0538. The van der Waals surface area contributed by atoms with E-state index in [0.717, 1.165) is 5.75 Å². The molecule has 0 spiro atoms. The number of hydrogen-bond acceptors (Lipinski definition) is 3. The van der Waals surface area contributed by atoms with Crippen LogP contribution < -0.4 is 4.74 Å². The molecule has 5 rings (SSSR count). The van der Waals surface area contributed by atoms with Gasteiger partial charge in [-0.2, -0.15) is 0 Å². The van der Waals surface area contributed by atoms with Crippen molar-refractivity contribution in [1.29, 1.82) is 0 Å². The normalized spacial score (nSPS) is 20.9. The van der Waals surface area contributed by atoms with E-state index >= 15 is 0 Å². The summed E-state index contributed by atoms with van der Waals surface area (Å²) in [5.74, 6) is 1.28. The zero-order valence-electron chi connectivity index (χ0n) is 18.2. The zero-order chi connectivity index (χ0) is 22.0. The van der Waals surface area contributed by atoms with E-state index in [2.05, 4.69) is 12.1 Å². The first-order chi connectivity index (χ1) is 15.7. The number of benzene rings is 3. The Morgan fingerprint density at radius 1 is 0.875 bits per heavy atom. The smallest absolute Gasteiger partial charge is 0.257 e. The summed E-state index contributed by atoms with van der Waals surface area (Å²) in [6, 6.07) is 25.0. The molecule has 1 N–H and O–H groups in total. The number of fused-ring (bicyclic) bond motifs is 1. The Morgan fingerprint density at radius 2 is 1.56 bits per heavy atom. The molecule has 32 heavy (non-hydrogen) atoms. The van der Waals surface area contributed by atoms with Crippen molar-refractivity contribution in [3.8, 4) is 5.75 Å². The van der Waals surface area contributed by atoms with E-state index in [0.29, 0.717) is 29.2 Å². The van der Waals surface area contributed by atoms with Crippen molar-refractivity contribution >= 4 is 5.91 Å². The molecule has 1 aliphatic carbocycles. The highest BCUT2D eigenvalue weighted by Crippen LogP contribution is 2.42. The largest absolute Gasteiger partial charge is 0.492 e. The van der Waals surface area contributed by atoms with E-state index in [1.165, 1.54) is 42.6 Å². The van der Waals surface area contributed by atoms with Crippen LogP contribution in [0.3, 0.4) is 0 Å². The summed E-state index contributed by atoms with van der Waals surface area (Å²) < 4.78 is 5.98. The quantitative estimate of drug-likeness (QED) is 0.568. The van der Waals surface area contributed by atoms with Crippen molar-refractivity contribution in [3.63, 3.8) is 0 Å². The van der Waals surface area contributed by atoms with Crippen LogP contribution in [0.5, 0.6) is 5.75 Å². The average Bonchev–Trinajstić information content (AvgIpc) is 3.08. The van der Waals surface area contributed by atoms with Gasteiger partial charge in [-0.3, -0.25) is 9.69 Å². The molecule has 1 amide bonds. The first kappa shape index (κ1) is 20.8. The van der Waals surface area contributed by atoms with E-state index in [-0.39, 0.29) is 12.5 Å². The second kappa shape index (κ2) is 8.79. The van der Waals surface area contributed by atoms with E-state index in [9.17, 15) is 9.90 Å². The van der Waals surface area contributed by atoms with Crippen LogP contribution >= 0.6 is 0 Å². The van der Waals surface area contributed by atoms with Gasteiger partial charge in [0.1, 0.15) is 12.4 Å². The van der Waals surface area contributed by atoms with Gasteiger partial charge < -0.3 is 9.84 Å². The summed E-state index contributed by atoms with van der Waals surface area (Å²) in [4.78, 5) is 14.7. The van der Waals surface area contributed by atoms with Gasteiger partial charge in [0.05, 0.1) is 6.54 Å². The monoisotopic (exact) mass is 427 g/mol. The van der Waals surface area contributed by atoms with Crippen LogP contribution in [-0.4, -0.2) is 29.1 Å². The van der Waals surface area contributed by atoms with Gasteiger partial charge in [-0.25, -0.2) is 0 Å². The van der Waals surface area contributed by atoms with Crippen LogP contribution in [0, 0.1) is 0 Å². The number of amides is 1. The number of hydrogen-bond donors (Lipinski definition) is 1. The Labute approximate surface area is 189 Å². The Morgan fingerprint density at radius 3 is 2.31 bits per heavy atom. The topological polar surface area (TPSA) is 49.8 Å². The molecule has 4 heteroatoms. The Kier molecular flexibility index (Phi) is 5.71. The lowest BCUT2D eigenvalue weighted by Gasteiger charge is -2.34. The molecular weight excluding hydrogens is 398 g/mol. The molecule has 1 saturated carbocycles. The second-order valence-electron chi connectivity index (χ2n) is 8.79. The molecule has 0 aromatic heterocycles. The summed E-state index contributed by atoms with van der Waals surface area (Å²) in [5.41, 5.74) is 1.72. The zero-order valence-corrected chi connectivity index (χ0v) is 18.2. The standard InChI is InChI=1S/C28H29NO3/c30-27-25-13-7-8-14-26(25)28(31,23-11-5-2-6-12-23)29(27)19-20-32-24-17-15-22(16-18-24)21-9-3-1-4-10-21/h2,5-8,11-18,21,31H,1,3-4,9-10,19-20H2.